The second kappa shape index (κ2) is 5.19. The molecule has 0 unspecified atom stereocenters. The van der Waals surface area contributed by atoms with Crippen LogP contribution in [0, 0.1) is 5.82 Å². The van der Waals surface area contributed by atoms with E-state index in [1.54, 1.807) is 6.07 Å². The summed E-state index contributed by atoms with van der Waals surface area (Å²) in [6.07, 6.45) is 1.16. The SMILES string of the molecule is O=C1CCc2c(Br)ccc(Oc3cc(F)cc(Cl)c3)c21. The predicted octanol–water partition coefficient (Wildman–Crippen LogP) is 5.16. The lowest BCUT2D eigenvalue weighted by Gasteiger charge is -2.11. The van der Waals surface area contributed by atoms with Gasteiger partial charge >= 0.3 is 0 Å². The zero-order valence-electron chi connectivity index (χ0n) is 10.3. The second-order valence-electron chi connectivity index (χ2n) is 4.53. The maximum Gasteiger partial charge on any atom is 0.167 e. The Morgan fingerprint density at radius 2 is 2.00 bits per heavy atom. The van der Waals surface area contributed by atoms with Crippen molar-refractivity contribution in [1.29, 1.82) is 0 Å². The molecule has 0 spiro atoms. The Labute approximate surface area is 128 Å². The van der Waals surface area contributed by atoms with Crippen molar-refractivity contribution in [1.82, 2.24) is 0 Å². The number of carbonyl (C=O) groups is 1. The zero-order chi connectivity index (χ0) is 14.3. The Morgan fingerprint density at radius 1 is 1.20 bits per heavy atom. The number of benzene rings is 2. The smallest absolute Gasteiger partial charge is 0.167 e. The highest BCUT2D eigenvalue weighted by Gasteiger charge is 2.26. The van der Waals surface area contributed by atoms with Crippen LogP contribution in [-0.2, 0) is 6.42 Å². The van der Waals surface area contributed by atoms with Crippen molar-refractivity contribution in [3.05, 3.63) is 56.8 Å². The van der Waals surface area contributed by atoms with Crippen LogP contribution >= 0.6 is 27.5 Å². The van der Waals surface area contributed by atoms with E-state index in [9.17, 15) is 9.18 Å². The van der Waals surface area contributed by atoms with Gasteiger partial charge in [0.2, 0.25) is 0 Å². The molecule has 1 aliphatic carbocycles. The average molecular weight is 356 g/mol. The maximum atomic E-state index is 13.3. The van der Waals surface area contributed by atoms with Gasteiger partial charge in [-0.25, -0.2) is 4.39 Å². The minimum absolute atomic E-state index is 0.0406. The van der Waals surface area contributed by atoms with Gasteiger partial charge in [-0.15, -0.1) is 0 Å². The number of hydrogen-bond donors (Lipinski definition) is 0. The van der Waals surface area contributed by atoms with Crippen LogP contribution in [0.25, 0.3) is 0 Å². The zero-order valence-corrected chi connectivity index (χ0v) is 12.6. The molecule has 0 saturated heterocycles. The van der Waals surface area contributed by atoms with E-state index < -0.39 is 5.82 Å². The lowest BCUT2D eigenvalue weighted by molar-refractivity contribution is 0.0992. The quantitative estimate of drug-likeness (QED) is 0.743. The van der Waals surface area contributed by atoms with Crippen molar-refractivity contribution in [2.24, 2.45) is 0 Å². The fourth-order valence-electron chi connectivity index (χ4n) is 2.31. The summed E-state index contributed by atoms with van der Waals surface area (Å²) in [6.45, 7) is 0. The molecule has 0 saturated carbocycles. The van der Waals surface area contributed by atoms with Crippen LogP contribution < -0.4 is 4.74 Å². The molecule has 3 rings (SSSR count). The second-order valence-corrected chi connectivity index (χ2v) is 5.82. The van der Waals surface area contributed by atoms with Crippen LogP contribution in [0.1, 0.15) is 22.3 Å². The summed E-state index contributed by atoms with van der Waals surface area (Å²) in [4.78, 5) is 12.0. The highest BCUT2D eigenvalue weighted by molar-refractivity contribution is 9.10. The number of rotatable bonds is 2. The summed E-state index contributed by atoms with van der Waals surface area (Å²) in [6, 6.07) is 7.47. The molecule has 0 radical (unpaired) electrons. The van der Waals surface area contributed by atoms with Crippen molar-refractivity contribution in [2.45, 2.75) is 12.8 Å². The van der Waals surface area contributed by atoms with Gasteiger partial charge in [-0.2, -0.15) is 0 Å². The first-order valence-corrected chi connectivity index (χ1v) is 7.20. The van der Waals surface area contributed by atoms with E-state index >= 15 is 0 Å². The molecule has 0 heterocycles. The van der Waals surface area contributed by atoms with Crippen molar-refractivity contribution in [3.8, 4) is 11.5 Å². The van der Waals surface area contributed by atoms with Crippen molar-refractivity contribution < 1.29 is 13.9 Å². The van der Waals surface area contributed by atoms with Gasteiger partial charge in [-0.1, -0.05) is 27.5 Å². The Bertz CT molecular complexity index is 695. The number of hydrogen-bond acceptors (Lipinski definition) is 2. The van der Waals surface area contributed by atoms with E-state index in [0.717, 1.165) is 10.0 Å². The third-order valence-corrected chi connectivity index (χ3v) is 4.12. The fourth-order valence-corrected chi connectivity index (χ4v) is 3.05. The topological polar surface area (TPSA) is 26.3 Å². The summed E-state index contributed by atoms with van der Waals surface area (Å²) < 4.78 is 19.8. The standard InChI is InChI=1S/C15H9BrClFO2/c16-12-2-4-14(15-11(12)1-3-13(15)19)20-10-6-8(17)5-9(18)7-10/h2,4-7H,1,3H2. The minimum Gasteiger partial charge on any atom is -0.456 e. The number of ketones is 1. The summed E-state index contributed by atoms with van der Waals surface area (Å²) in [7, 11) is 0. The van der Waals surface area contributed by atoms with Gasteiger partial charge in [-0.05, 0) is 36.2 Å². The molecule has 2 nitrogen and oxygen atoms in total. The lowest BCUT2D eigenvalue weighted by atomic mass is 10.1. The summed E-state index contributed by atoms with van der Waals surface area (Å²) in [5, 5.41) is 0.250. The highest BCUT2D eigenvalue weighted by Crippen LogP contribution is 2.38. The molecule has 2 aromatic carbocycles. The van der Waals surface area contributed by atoms with Crippen LogP contribution in [0.5, 0.6) is 11.5 Å². The monoisotopic (exact) mass is 354 g/mol. The Morgan fingerprint density at radius 3 is 2.75 bits per heavy atom. The van der Waals surface area contributed by atoms with Crippen molar-refractivity contribution in [3.63, 3.8) is 0 Å². The predicted molar refractivity (Wildman–Crippen MR) is 78.3 cm³/mol. The maximum absolute atomic E-state index is 13.3. The molecular weight excluding hydrogens is 347 g/mol. The first-order chi connectivity index (χ1) is 9.54. The van der Waals surface area contributed by atoms with E-state index in [1.807, 2.05) is 6.07 Å². The van der Waals surface area contributed by atoms with E-state index in [4.69, 9.17) is 16.3 Å². The normalized spacial score (nSPS) is 13.4. The Balaban J connectivity index is 2.04. The van der Waals surface area contributed by atoms with E-state index in [-0.39, 0.29) is 16.6 Å². The first kappa shape index (κ1) is 13.6. The molecular formula is C15H9BrClFO2. The minimum atomic E-state index is -0.479. The first-order valence-electron chi connectivity index (χ1n) is 6.03. The van der Waals surface area contributed by atoms with Crippen molar-refractivity contribution in [2.75, 3.05) is 0 Å². The molecule has 0 N–H and O–H groups in total. The number of ether oxygens (including phenoxy) is 1. The van der Waals surface area contributed by atoms with Crippen molar-refractivity contribution >= 4 is 33.3 Å². The molecule has 0 atom stereocenters. The van der Waals surface area contributed by atoms with Gasteiger partial charge in [0, 0.05) is 22.0 Å². The van der Waals surface area contributed by atoms with Crippen LogP contribution in [-0.4, -0.2) is 5.78 Å². The highest BCUT2D eigenvalue weighted by atomic mass is 79.9. The molecule has 0 amide bonds. The van der Waals surface area contributed by atoms with Crippen LogP contribution in [0.15, 0.2) is 34.8 Å². The third-order valence-electron chi connectivity index (χ3n) is 3.16. The van der Waals surface area contributed by atoms with Gasteiger partial charge in [0.15, 0.2) is 5.78 Å². The number of Topliss-reactive ketones (excluding diaryl/α,β-unsaturated/α-hetero) is 1. The van der Waals surface area contributed by atoms with E-state index in [1.165, 1.54) is 18.2 Å². The molecule has 0 aliphatic heterocycles. The number of carbonyl (C=O) groups excluding carboxylic acids is 1. The largest absolute Gasteiger partial charge is 0.456 e. The van der Waals surface area contributed by atoms with Gasteiger partial charge in [0.05, 0.1) is 5.56 Å². The van der Waals surface area contributed by atoms with Gasteiger partial charge < -0.3 is 4.74 Å². The molecule has 0 aromatic heterocycles. The molecule has 1 aliphatic rings. The molecule has 20 heavy (non-hydrogen) atoms. The molecule has 2 aromatic rings. The molecule has 0 fully saturated rings. The molecule has 5 heteroatoms. The number of halogens is 3. The van der Waals surface area contributed by atoms with Crippen LogP contribution in [0.3, 0.4) is 0 Å². The van der Waals surface area contributed by atoms with E-state index in [0.29, 0.717) is 24.2 Å². The molecule has 0 bridgehead atoms. The van der Waals surface area contributed by atoms with Gasteiger partial charge in [0.1, 0.15) is 17.3 Å². The third kappa shape index (κ3) is 2.45. The Kier molecular flexibility index (Phi) is 3.52. The van der Waals surface area contributed by atoms with Gasteiger partial charge in [-0.3, -0.25) is 4.79 Å². The van der Waals surface area contributed by atoms with Crippen LogP contribution in [0.2, 0.25) is 5.02 Å². The number of fused-ring (bicyclic) bond motifs is 1. The summed E-state index contributed by atoms with van der Waals surface area (Å²) >= 11 is 9.22. The summed E-state index contributed by atoms with van der Waals surface area (Å²) in [5.74, 6) is 0.276. The van der Waals surface area contributed by atoms with Crippen LogP contribution in [0.4, 0.5) is 4.39 Å². The van der Waals surface area contributed by atoms with E-state index in [2.05, 4.69) is 15.9 Å². The fraction of sp³-hybridized carbons (Fsp3) is 0.133. The molecule has 102 valence electrons. The summed E-state index contributed by atoms with van der Waals surface area (Å²) in [5.41, 5.74) is 1.51. The average Bonchev–Trinajstić information content (AvgIpc) is 2.75. The Hall–Kier alpha value is -1.39. The van der Waals surface area contributed by atoms with Gasteiger partial charge in [0.25, 0.3) is 0 Å². The lowest BCUT2D eigenvalue weighted by Crippen LogP contribution is -1.97.